The summed E-state index contributed by atoms with van der Waals surface area (Å²) in [6, 6.07) is 7.93. The van der Waals surface area contributed by atoms with Gasteiger partial charge in [0, 0.05) is 23.6 Å². The van der Waals surface area contributed by atoms with Crippen molar-refractivity contribution >= 4 is 29.6 Å². The van der Waals surface area contributed by atoms with Crippen LogP contribution in [-0.4, -0.2) is 40.6 Å². The molecule has 4 rings (SSSR count). The van der Waals surface area contributed by atoms with Crippen LogP contribution >= 0.6 is 11.8 Å². The number of benzene rings is 1. The molecule has 0 radical (unpaired) electrons. The van der Waals surface area contributed by atoms with Crippen molar-refractivity contribution in [3.8, 4) is 0 Å². The standard InChI is InChI=1S/C20H25N3O3S/c24-17(21-15-9-13-27-16-7-2-1-6-14(15)16)8-5-12-23-18(25)20(22-19(23)26)10-3-4-11-20/h1-2,6-7,15H,3-5,8-13H2,(H,21,24)(H,22,26). The lowest BCUT2D eigenvalue weighted by molar-refractivity contribution is -0.131. The molecule has 0 aromatic heterocycles. The SMILES string of the molecule is O=C(CCCN1C(=O)NC2(CCCC2)C1=O)NC1CCSc2ccccc21. The van der Waals surface area contributed by atoms with Crippen molar-refractivity contribution in [2.24, 2.45) is 0 Å². The normalized spacial score (nSPS) is 23.4. The zero-order chi connectivity index (χ0) is 18.9. The predicted molar refractivity (Wildman–Crippen MR) is 103 cm³/mol. The van der Waals surface area contributed by atoms with Gasteiger partial charge in [0.05, 0.1) is 6.04 Å². The maximum absolute atomic E-state index is 12.6. The summed E-state index contributed by atoms with van der Waals surface area (Å²) in [6.07, 6.45) is 5.14. The van der Waals surface area contributed by atoms with E-state index in [9.17, 15) is 14.4 Å². The Bertz CT molecular complexity index is 761. The Morgan fingerprint density at radius 3 is 2.85 bits per heavy atom. The minimum Gasteiger partial charge on any atom is -0.349 e. The summed E-state index contributed by atoms with van der Waals surface area (Å²) in [6.45, 7) is 0.303. The van der Waals surface area contributed by atoms with Crippen LogP contribution in [0.4, 0.5) is 4.79 Å². The van der Waals surface area contributed by atoms with Crippen LogP contribution < -0.4 is 10.6 Å². The van der Waals surface area contributed by atoms with Crippen LogP contribution in [0.5, 0.6) is 0 Å². The van der Waals surface area contributed by atoms with Crippen LogP contribution in [0.15, 0.2) is 29.2 Å². The molecule has 6 nitrogen and oxygen atoms in total. The Labute approximate surface area is 163 Å². The largest absolute Gasteiger partial charge is 0.349 e. The van der Waals surface area contributed by atoms with Gasteiger partial charge in [0.25, 0.3) is 5.91 Å². The summed E-state index contributed by atoms with van der Waals surface area (Å²) in [5, 5.41) is 5.99. The van der Waals surface area contributed by atoms with Gasteiger partial charge in [-0.3, -0.25) is 14.5 Å². The molecule has 2 fully saturated rings. The average molecular weight is 388 g/mol. The maximum Gasteiger partial charge on any atom is 0.325 e. The molecule has 7 heteroatoms. The van der Waals surface area contributed by atoms with Gasteiger partial charge in [-0.15, -0.1) is 11.8 Å². The number of hydrogen-bond donors (Lipinski definition) is 2. The van der Waals surface area contributed by atoms with Crippen LogP contribution in [0.2, 0.25) is 0 Å². The van der Waals surface area contributed by atoms with Crippen molar-refractivity contribution < 1.29 is 14.4 Å². The van der Waals surface area contributed by atoms with E-state index in [1.807, 2.05) is 23.9 Å². The van der Waals surface area contributed by atoms with E-state index >= 15 is 0 Å². The summed E-state index contributed by atoms with van der Waals surface area (Å²) >= 11 is 1.82. The van der Waals surface area contributed by atoms with E-state index in [1.54, 1.807) is 0 Å². The Morgan fingerprint density at radius 1 is 1.26 bits per heavy atom. The number of urea groups is 1. The van der Waals surface area contributed by atoms with Gasteiger partial charge in [-0.1, -0.05) is 31.0 Å². The Morgan fingerprint density at radius 2 is 2.04 bits per heavy atom. The minimum atomic E-state index is -0.664. The zero-order valence-corrected chi connectivity index (χ0v) is 16.1. The topological polar surface area (TPSA) is 78.5 Å². The van der Waals surface area contributed by atoms with Crippen molar-refractivity contribution in [3.05, 3.63) is 29.8 Å². The highest BCUT2D eigenvalue weighted by Gasteiger charge is 2.52. The number of imide groups is 1. The zero-order valence-electron chi connectivity index (χ0n) is 15.3. The van der Waals surface area contributed by atoms with E-state index in [4.69, 9.17) is 0 Å². The van der Waals surface area contributed by atoms with E-state index in [1.165, 1.54) is 15.4 Å². The smallest absolute Gasteiger partial charge is 0.325 e. The number of hydrogen-bond acceptors (Lipinski definition) is 4. The molecular formula is C20H25N3O3S. The summed E-state index contributed by atoms with van der Waals surface area (Å²) in [7, 11) is 0. The van der Waals surface area contributed by atoms with Crippen LogP contribution in [0.1, 0.15) is 56.6 Å². The summed E-state index contributed by atoms with van der Waals surface area (Å²) in [4.78, 5) is 39.7. The van der Waals surface area contributed by atoms with Crippen LogP contribution in [0, 0.1) is 0 Å². The second-order valence-corrected chi connectivity index (χ2v) is 8.71. The number of amides is 4. The molecule has 27 heavy (non-hydrogen) atoms. The lowest BCUT2D eigenvalue weighted by Gasteiger charge is -2.26. The van der Waals surface area contributed by atoms with E-state index in [0.29, 0.717) is 19.4 Å². The number of carbonyl (C=O) groups is 3. The first-order chi connectivity index (χ1) is 13.1. The van der Waals surface area contributed by atoms with Crippen molar-refractivity contribution in [1.29, 1.82) is 0 Å². The molecule has 2 heterocycles. The van der Waals surface area contributed by atoms with E-state index in [2.05, 4.69) is 22.8 Å². The molecular weight excluding hydrogens is 362 g/mol. The maximum atomic E-state index is 12.6. The number of fused-ring (bicyclic) bond motifs is 1. The number of thioether (sulfide) groups is 1. The highest BCUT2D eigenvalue weighted by molar-refractivity contribution is 7.99. The molecule has 2 aliphatic heterocycles. The lowest BCUT2D eigenvalue weighted by atomic mass is 9.98. The first kappa shape index (κ1) is 18.3. The molecule has 1 aromatic carbocycles. The van der Waals surface area contributed by atoms with E-state index < -0.39 is 5.54 Å². The highest BCUT2D eigenvalue weighted by atomic mass is 32.2. The van der Waals surface area contributed by atoms with Gasteiger partial charge >= 0.3 is 6.03 Å². The van der Waals surface area contributed by atoms with E-state index in [-0.39, 0.29) is 23.9 Å². The molecule has 0 bridgehead atoms. The van der Waals surface area contributed by atoms with Gasteiger partial charge in [-0.2, -0.15) is 0 Å². The summed E-state index contributed by atoms with van der Waals surface area (Å²) < 4.78 is 0. The first-order valence-corrected chi connectivity index (χ1v) is 10.7. The molecule has 1 spiro atoms. The lowest BCUT2D eigenvalue weighted by Crippen LogP contribution is -2.44. The van der Waals surface area contributed by atoms with Gasteiger partial charge in [-0.25, -0.2) is 4.79 Å². The second kappa shape index (κ2) is 7.54. The van der Waals surface area contributed by atoms with Crippen molar-refractivity contribution in [1.82, 2.24) is 15.5 Å². The number of nitrogens with one attached hydrogen (secondary N) is 2. The third kappa shape index (κ3) is 3.57. The van der Waals surface area contributed by atoms with Gasteiger partial charge in [0.15, 0.2) is 0 Å². The molecule has 3 aliphatic rings. The van der Waals surface area contributed by atoms with Crippen molar-refractivity contribution in [2.75, 3.05) is 12.3 Å². The monoisotopic (exact) mass is 387 g/mol. The van der Waals surface area contributed by atoms with Gasteiger partial charge < -0.3 is 10.6 Å². The fourth-order valence-corrected chi connectivity index (χ4v) is 5.48. The molecule has 144 valence electrons. The average Bonchev–Trinajstić information content (AvgIpc) is 3.22. The molecule has 1 aromatic rings. The van der Waals surface area contributed by atoms with Crippen molar-refractivity contribution in [3.63, 3.8) is 0 Å². The molecule has 1 saturated heterocycles. The van der Waals surface area contributed by atoms with Crippen LogP contribution in [0.25, 0.3) is 0 Å². The van der Waals surface area contributed by atoms with Crippen molar-refractivity contribution in [2.45, 2.75) is 61.4 Å². The Hall–Kier alpha value is -2.02. The Balaban J connectivity index is 1.28. The molecule has 4 amide bonds. The number of rotatable bonds is 5. The van der Waals surface area contributed by atoms with Gasteiger partial charge in [-0.05, 0) is 37.3 Å². The quantitative estimate of drug-likeness (QED) is 0.762. The fourth-order valence-electron chi connectivity index (χ4n) is 4.35. The number of carbonyl (C=O) groups excluding carboxylic acids is 3. The molecule has 1 aliphatic carbocycles. The minimum absolute atomic E-state index is 0.0238. The molecule has 1 saturated carbocycles. The third-order valence-electron chi connectivity index (χ3n) is 5.78. The summed E-state index contributed by atoms with van der Waals surface area (Å²) in [5.74, 6) is 0.861. The van der Waals surface area contributed by atoms with Crippen LogP contribution in [0.3, 0.4) is 0 Å². The number of nitrogens with zero attached hydrogens (tertiary/aromatic N) is 1. The first-order valence-electron chi connectivity index (χ1n) is 9.74. The molecule has 2 N–H and O–H groups in total. The van der Waals surface area contributed by atoms with Crippen LogP contribution in [-0.2, 0) is 9.59 Å². The van der Waals surface area contributed by atoms with Gasteiger partial charge in [0.2, 0.25) is 5.91 Å². The fraction of sp³-hybridized carbons (Fsp3) is 0.550. The molecule has 1 unspecified atom stereocenters. The molecule has 1 atom stereocenters. The van der Waals surface area contributed by atoms with E-state index in [0.717, 1.165) is 37.9 Å². The third-order valence-corrected chi connectivity index (χ3v) is 6.90. The Kier molecular flexibility index (Phi) is 5.12. The highest BCUT2D eigenvalue weighted by Crippen LogP contribution is 2.36. The summed E-state index contributed by atoms with van der Waals surface area (Å²) in [5.41, 5.74) is 0.516. The predicted octanol–water partition coefficient (Wildman–Crippen LogP) is 2.98. The van der Waals surface area contributed by atoms with Gasteiger partial charge in [0.1, 0.15) is 5.54 Å². The second-order valence-electron chi connectivity index (χ2n) is 7.57.